The van der Waals surface area contributed by atoms with Crippen molar-refractivity contribution in [3.63, 3.8) is 0 Å². The maximum atomic E-state index is 6.83. The second kappa shape index (κ2) is 10.0. The van der Waals surface area contributed by atoms with Gasteiger partial charge in [0.1, 0.15) is 5.58 Å². The smallest absolute Gasteiger partial charge is 0.333 e. The van der Waals surface area contributed by atoms with Gasteiger partial charge in [0.05, 0.1) is 5.52 Å². The van der Waals surface area contributed by atoms with Crippen LogP contribution in [0.3, 0.4) is 0 Å². The standard InChI is InChI=1S/C51H45BN2O/c1-28-24-35-32-16-13-17-34-46(32)54(47-33-15-10-12-19-42(33)55-48(34)47)52-44(35)41(25-28)53(40-27-38-37(26-29(40)2)49(3,4)22-23-50(38,5)6)39-21-20-31-30-14-9-11-18-36(30)51(7,8)43(31)45(39)52/h9-21,24-27H,22-23H2,1-8H3. The lowest BCUT2D eigenvalue weighted by Gasteiger charge is -2.45. The second-order valence-corrected chi connectivity index (χ2v) is 18.9. The number of benzene rings is 6. The van der Waals surface area contributed by atoms with E-state index >= 15 is 0 Å². The average Bonchev–Trinajstić information content (AvgIpc) is 3.77. The van der Waals surface area contributed by atoms with Gasteiger partial charge in [-0.15, -0.1) is 0 Å². The highest BCUT2D eigenvalue weighted by molar-refractivity contribution is 6.90. The zero-order valence-corrected chi connectivity index (χ0v) is 33.1. The summed E-state index contributed by atoms with van der Waals surface area (Å²) in [6, 6.07) is 39.5. The van der Waals surface area contributed by atoms with Crippen LogP contribution in [0, 0.1) is 13.8 Å². The molecule has 55 heavy (non-hydrogen) atoms. The van der Waals surface area contributed by atoms with Crippen molar-refractivity contribution in [2.45, 2.75) is 84.5 Å². The van der Waals surface area contributed by atoms with Gasteiger partial charge < -0.3 is 13.8 Å². The van der Waals surface area contributed by atoms with Crippen LogP contribution in [0.25, 0.3) is 55.2 Å². The van der Waals surface area contributed by atoms with Gasteiger partial charge in [0.2, 0.25) is 0 Å². The molecule has 0 amide bonds. The van der Waals surface area contributed by atoms with Gasteiger partial charge in [-0.05, 0) is 135 Å². The van der Waals surface area contributed by atoms with E-state index in [1.807, 2.05) is 0 Å². The summed E-state index contributed by atoms with van der Waals surface area (Å²) < 4.78 is 9.52. The highest BCUT2D eigenvalue weighted by Crippen LogP contribution is 2.55. The molecule has 4 heterocycles. The van der Waals surface area contributed by atoms with Crippen molar-refractivity contribution in [2.75, 3.05) is 4.90 Å². The molecular weight excluding hydrogens is 667 g/mol. The number of fused-ring (bicyclic) bond motifs is 14. The molecule has 3 nitrogen and oxygen atoms in total. The summed E-state index contributed by atoms with van der Waals surface area (Å²) in [5.41, 5.74) is 24.9. The van der Waals surface area contributed by atoms with Crippen LogP contribution in [-0.4, -0.2) is 11.3 Å². The molecule has 0 atom stereocenters. The topological polar surface area (TPSA) is 21.3 Å². The van der Waals surface area contributed by atoms with Crippen molar-refractivity contribution in [2.24, 2.45) is 0 Å². The SMILES string of the molecule is Cc1cc2c3c(c1)N(c1cc4c(cc1C)C(C)(C)CCC4(C)C)c1ccc4c(c1B3n1c3c-2cccc3c2oc3ccccc3c21)C(C)(C)c1ccccc1-4. The van der Waals surface area contributed by atoms with Crippen LogP contribution in [0.15, 0.2) is 108 Å². The van der Waals surface area contributed by atoms with E-state index in [0.29, 0.717) is 0 Å². The van der Waals surface area contributed by atoms with Gasteiger partial charge in [-0.2, -0.15) is 0 Å². The van der Waals surface area contributed by atoms with Gasteiger partial charge in [0.15, 0.2) is 5.58 Å². The number of hydrogen-bond acceptors (Lipinski definition) is 2. The summed E-state index contributed by atoms with van der Waals surface area (Å²) in [6.45, 7) is 19.3. The van der Waals surface area contributed by atoms with Crippen molar-refractivity contribution in [3.8, 4) is 22.3 Å². The Hall–Kier alpha value is -5.48. The van der Waals surface area contributed by atoms with Gasteiger partial charge in [0, 0.05) is 44.3 Å². The predicted octanol–water partition coefficient (Wildman–Crippen LogP) is 12.2. The van der Waals surface area contributed by atoms with E-state index < -0.39 is 0 Å². The lowest BCUT2D eigenvalue weighted by Crippen LogP contribution is -2.58. The molecule has 4 aliphatic rings. The van der Waals surface area contributed by atoms with E-state index in [0.717, 1.165) is 11.2 Å². The van der Waals surface area contributed by atoms with E-state index in [1.165, 1.54) is 118 Å². The zero-order valence-electron chi connectivity index (χ0n) is 33.1. The quantitative estimate of drug-likeness (QED) is 0.158. The molecule has 0 unspecified atom stereocenters. The first kappa shape index (κ1) is 31.8. The van der Waals surface area contributed by atoms with Crippen LogP contribution in [-0.2, 0) is 16.2 Å². The number of anilines is 3. The third kappa shape index (κ3) is 3.79. The molecule has 12 rings (SSSR count). The molecule has 0 N–H and O–H groups in total. The minimum atomic E-state index is -0.205. The number of rotatable bonds is 1. The van der Waals surface area contributed by atoms with Crippen molar-refractivity contribution in [1.82, 2.24) is 4.48 Å². The third-order valence-corrected chi connectivity index (χ3v) is 14.4. The summed E-state index contributed by atoms with van der Waals surface area (Å²) in [7, 11) is 0. The Bertz CT molecular complexity index is 3060. The first-order valence-corrected chi connectivity index (χ1v) is 20.2. The largest absolute Gasteiger partial charge is 0.454 e. The summed E-state index contributed by atoms with van der Waals surface area (Å²) in [5, 5.41) is 2.36. The highest BCUT2D eigenvalue weighted by Gasteiger charge is 2.49. The van der Waals surface area contributed by atoms with E-state index in [2.05, 4.69) is 168 Å². The number of aromatic nitrogens is 1. The normalized spacial score (nSPS) is 17.7. The molecule has 2 aliphatic heterocycles. The van der Waals surface area contributed by atoms with Crippen LogP contribution in [0.2, 0.25) is 0 Å². The van der Waals surface area contributed by atoms with Crippen LogP contribution >= 0.6 is 0 Å². The van der Waals surface area contributed by atoms with Gasteiger partial charge in [-0.1, -0.05) is 108 Å². The molecule has 0 spiro atoms. The molecule has 268 valence electrons. The fourth-order valence-electron chi connectivity index (χ4n) is 11.6. The zero-order chi connectivity index (χ0) is 37.5. The summed E-state index contributed by atoms with van der Waals surface area (Å²) >= 11 is 0. The Morgan fingerprint density at radius 1 is 0.564 bits per heavy atom. The Labute approximate surface area is 323 Å². The average molecular weight is 713 g/mol. The first-order chi connectivity index (χ1) is 26.4. The fourth-order valence-corrected chi connectivity index (χ4v) is 11.6. The fraction of sp³-hybridized carbons (Fsp3) is 0.255. The second-order valence-electron chi connectivity index (χ2n) is 18.9. The highest BCUT2D eigenvalue weighted by atomic mass is 16.3. The molecule has 2 aliphatic carbocycles. The van der Waals surface area contributed by atoms with E-state index in [-0.39, 0.29) is 23.1 Å². The van der Waals surface area contributed by atoms with Crippen LogP contribution in [0.1, 0.15) is 87.8 Å². The number of furan rings is 1. The molecule has 0 saturated heterocycles. The molecule has 0 bridgehead atoms. The number of para-hydroxylation sites is 2. The van der Waals surface area contributed by atoms with Crippen molar-refractivity contribution >= 4 is 67.8 Å². The van der Waals surface area contributed by atoms with Crippen LogP contribution in [0.4, 0.5) is 17.1 Å². The maximum Gasteiger partial charge on any atom is 0.333 e. The van der Waals surface area contributed by atoms with E-state index in [4.69, 9.17) is 4.42 Å². The minimum absolute atomic E-state index is 0.0513. The van der Waals surface area contributed by atoms with Gasteiger partial charge in [-0.3, -0.25) is 0 Å². The lowest BCUT2D eigenvalue weighted by molar-refractivity contribution is 0.332. The molecule has 4 heteroatoms. The number of hydrogen-bond donors (Lipinski definition) is 0. The summed E-state index contributed by atoms with van der Waals surface area (Å²) in [5.74, 6) is 0. The molecule has 6 aromatic carbocycles. The van der Waals surface area contributed by atoms with Gasteiger partial charge >= 0.3 is 6.85 Å². The molecule has 0 radical (unpaired) electrons. The number of nitrogens with zero attached hydrogens (tertiary/aromatic N) is 2. The molecule has 2 aromatic heterocycles. The monoisotopic (exact) mass is 712 g/mol. The summed E-state index contributed by atoms with van der Waals surface area (Å²) in [6.07, 6.45) is 2.39. The van der Waals surface area contributed by atoms with Crippen LogP contribution < -0.4 is 15.8 Å². The molecule has 0 saturated carbocycles. The molecule has 0 fully saturated rings. The predicted molar refractivity (Wildman–Crippen MR) is 232 cm³/mol. The van der Waals surface area contributed by atoms with Crippen molar-refractivity contribution < 1.29 is 4.42 Å². The van der Waals surface area contributed by atoms with Crippen molar-refractivity contribution in [1.29, 1.82) is 0 Å². The van der Waals surface area contributed by atoms with Gasteiger partial charge in [-0.25, -0.2) is 0 Å². The summed E-state index contributed by atoms with van der Waals surface area (Å²) in [4.78, 5) is 2.67. The first-order valence-electron chi connectivity index (χ1n) is 20.2. The Morgan fingerprint density at radius 2 is 1.27 bits per heavy atom. The molecular formula is C51H45BN2O. The Balaban J connectivity index is 1.27. The van der Waals surface area contributed by atoms with E-state index in [1.54, 1.807) is 0 Å². The maximum absolute atomic E-state index is 6.83. The van der Waals surface area contributed by atoms with Crippen LogP contribution in [0.5, 0.6) is 0 Å². The number of aryl methyl sites for hydroxylation is 2. The minimum Gasteiger partial charge on any atom is -0.454 e. The van der Waals surface area contributed by atoms with Crippen molar-refractivity contribution in [3.05, 3.63) is 137 Å². The van der Waals surface area contributed by atoms with E-state index in [9.17, 15) is 0 Å². The Kier molecular flexibility index (Phi) is 5.81. The Morgan fingerprint density at radius 3 is 2.09 bits per heavy atom. The third-order valence-electron chi connectivity index (χ3n) is 14.4. The lowest BCUT2D eigenvalue weighted by atomic mass is 9.43. The molecule has 8 aromatic rings. The van der Waals surface area contributed by atoms with Gasteiger partial charge in [0.25, 0.3) is 0 Å².